The fourth-order valence-corrected chi connectivity index (χ4v) is 3.16. The van der Waals surface area contributed by atoms with Gasteiger partial charge in [0.15, 0.2) is 18.1 Å². The summed E-state index contributed by atoms with van der Waals surface area (Å²) in [6.07, 6.45) is 1.18. The zero-order valence-electron chi connectivity index (χ0n) is 16.9. The van der Waals surface area contributed by atoms with Gasteiger partial charge in [0.05, 0.1) is 22.7 Å². The van der Waals surface area contributed by atoms with Crippen LogP contribution < -0.4 is 25.4 Å². The highest BCUT2D eigenvalue weighted by Gasteiger charge is 2.37. The second kappa shape index (κ2) is 9.36. The second-order valence-electron chi connectivity index (χ2n) is 6.52. The van der Waals surface area contributed by atoms with Crippen molar-refractivity contribution in [3.8, 4) is 11.5 Å². The highest BCUT2D eigenvalue weighted by molar-refractivity contribution is 6.39. The molecule has 0 bridgehead atoms. The van der Waals surface area contributed by atoms with Gasteiger partial charge in [-0.15, -0.1) is 0 Å². The van der Waals surface area contributed by atoms with Gasteiger partial charge in [-0.3, -0.25) is 29.8 Å². The number of urea groups is 1. The van der Waals surface area contributed by atoms with Crippen LogP contribution in [0.15, 0.2) is 42.0 Å². The maximum atomic E-state index is 13.0. The number of ether oxygens (including phenoxy) is 2. The Morgan fingerprint density at radius 1 is 1.24 bits per heavy atom. The summed E-state index contributed by atoms with van der Waals surface area (Å²) >= 11 is 6.18. The number of barbiturate groups is 1. The number of nitrogens with zero attached hydrogens (tertiary/aromatic N) is 2. The number of non-ortho nitro benzene ring substituents is 1. The number of carbonyl (C=O) groups excluding carboxylic acids is 4. The normalized spacial score (nSPS) is 14.8. The van der Waals surface area contributed by atoms with Crippen LogP contribution in [-0.2, 0) is 14.4 Å². The van der Waals surface area contributed by atoms with E-state index in [9.17, 15) is 29.3 Å². The topological polar surface area (TPSA) is 171 Å². The summed E-state index contributed by atoms with van der Waals surface area (Å²) in [5.41, 5.74) is 4.68. The van der Waals surface area contributed by atoms with E-state index in [-0.39, 0.29) is 33.5 Å². The Kier molecular flexibility index (Phi) is 6.59. The summed E-state index contributed by atoms with van der Waals surface area (Å²) in [5, 5.41) is 12.9. The molecule has 1 aliphatic heterocycles. The number of primary amides is 1. The summed E-state index contributed by atoms with van der Waals surface area (Å²) in [4.78, 5) is 59.4. The molecule has 0 atom stereocenters. The van der Waals surface area contributed by atoms with Crippen LogP contribution in [0.25, 0.3) is 6.08 Å². The SMILES string of the molecule is COc1cc(/C=C2\C(=O)NC(=O)N(c3ccc([N+](=O)[O-])cc3)C2=O)cc(Cl)c1OCC(N)=O. The number of halogens is 1. The third kappa shape index (κ3) is 4.91. The van der Waals surface area contributed by atoms with E-state index in [1.807, 2.05) is 5.32 Å². The second-order valence-corrected chi connectivity index (χ2v) is 6.93. The molecule has 3 rings (SSSR count). The largest absolute Gasteiger partial charge is 0.493 e. The minimum Gasteiger partial charge on any atom is -0.493 e. The van der Waals surface area contributed by atoms with E-state index in [4.69, 9.17) is 26.8 Å². The average molecular weight is 475 g/mol. The summed E-state index contributed by atoms with van der Waals surface area (Å²) in [5.74, 6) is -2.52. The molecule has 3 N–H and O–H groups in total. The van der Waals surface area contributed by atoms with Crippen LogP contribution in [-0.4, -0.2) is 42.4 Å². The number of nitro benzene ring substituents is 1. The van der Waals surface area contributed by atoms with E-state index in [0.29, 0.717) is 4.90 Å². The van der Waals surface area contributed by atoms with E-state index < -0.39 is 40.9 Å². The summed E-state index contributed by atoms with van der Waals surface area (Å²) < 4.78 is 10.4. The minimum absolute atomic E-state index is 0.00872. The number of imide groups is 2. The molecule has 0 spiro atoms. The molecule has 0 saturated carbocycles. The smallest absolute Gasteiger partial charge is 0.335 e. The van der Waals surface area contributed by atoms with Crippen molar-refractivity contribution in [1.29, 1.82) is 0 Å². The minimum atomic E-state index is -1.01. The van der Waals surface area contributed by atoms with Crippen molar-refractivity contribution in [2.24, 2.45) is 5.73 Å². The van der Waals surface area contributed by atoms with Crippen LogP contribution in [0.3, 0.4) is 0 Å². The molecule has 13 heteroatoms. The van der Waals surface area contributed by atoms with Crippen molar-refractivity contribution in [2.45, 2.75) is 0 Å². The van der Waals surface area contributed by atoms with Gasteiger partial charge in [0.25, 0.3) is 23.4 Å². The number of rotatable bonds is 7. The molecule has 12 nitrogen and oxygen atoms in total. The van der Waals surface area contributed by atoms with Gasteiger partial charge < -0.3 is 15.2 Å². The third-order valence-corrected chi connectivity index (χ3v) is 4.62. The molecule has 1 heterocycles. The van der Waals surface area contributed by atoms with Crippen LogP contribution in [0, 0.1) is 10.1 Å². The van der Waals surface area contributed by atoms with Crippen LogP contribution in [0.4, 0.5) is 16.2 Å². The van der Waals surface area contributed by atoms with Gasteiger partial charge in [-0.25, -0.2) is 9.69 Å². The Morgan fingerprint density at radius 2 is 1.91 bits per heavy atom. The lowest BCUT2D eigenvalue weighted by molar-refractivity contribution is -0.384. The number of hydrogen-bond acceptors (Lipinski definition) is 8. The van der Waals surface area contributed by atoms with Crippen LogP contribution in [0.2, 0.25) is 5.02 Å². The highest BCUT2D eigenvalue weighted by Crippen LogP contribution is 2.37. The molecule has 0 aromatic heterocycles. The van der Waals surface area contributed by atoms with Crippen LogP contribution >= 0.6 is 11.6 Å². The van der Waals surface area contributed by atoms with Crippen LogP contribution in [0.5, 0.6) is 11.5 Å². The van der Waals surface area contributed by atoms with Gasteiger partial charge >= 0.3 is 6.03 Å². The predicted molar refractivity (Wildman–Crippen MR) is 115 cm³/mol. The Labute approximate surface area is 190 Å². The zero-order valence-corrected chi connectivity index (χ0v) is 17.6. The molecule has 5 amide bonds. The molecule has 0 aliphatic carbocycles. The first-order valence-corrected chi connectivity index (χ1v) is 9.44. The Hall–Kier alpha value is -4.45. The molecular formula is C20H15ClN4O8. The maximum absolute atomic E-state index is 13.0. The van der Waals surface area contributed by atoms with Crippen molar-refractivity contribution < 1.29 is 33.6 Å². The number of hydrogen-bond donors (Lipinski definition) is 2. The molecule has 2 aromatic carbocycles. The molecule has 170 valence electrons. The Bertz CT molecular complexity index is 1210. The highest BCUT2D eigenvalue weighted by atomic mass is 35.5. The molecular weight excluding hydrogens is 460 g/mol. The number of benzene rings is 2. The lowest BCUT2D eigenvalue weighted by Gasteiger charge is -2.26. The molecule has 2 aromatic rings. The van der Waals surface area contributed by atoms with Gasteiger partial charge in [0.2, 0.25) is 0 Å². The van der Waals surface area contributed by atoms with Gasteiger partial charge in [-0.05, 0) is 35.9 Å². The molecule has 1 saturated heterocycles. The lowest BCUT2D eigenvalue weighted by atomic mass is 10.1. The van der Waals surface area contributed by atoms with Crippen molar-refractivity contribution in [2.75, 3.05) is 18.6 Å². The summed E-state index contributed by atoms with van der Waals surface area (Å²) in [6.45, 7) is -0.455. The van der Waals surface area contributed by atoms with Gasteiger partial charge in [0, 0.05) is 12.1 Å². The number of methoxy groups -OCH3 is 1. The summed E-state index contributed by atoms with van der Waals surface area (Å²) in [6, 6.07) is 6.36. The van der Waals surface area contributed by atoms with E-state index in [1.54, 1.807) is 0 Å². The fraction of sp³-hybridized carbons (Fsp3) is 0.100. The number of nitrogens with one attached hydrogen (secondary N) is 1. The van der Waals surface area contributed by atoms with E-state index in [2.05, 4.69) is 0 Å². The standard InChI is InChI=1S/C20H15ClN4O8/c1-32-15-8-10(7-14(21)17(15)33-9-16(22)26)6-13-18(27)23-20(29)24(19(13)28)11-2-4-12(5-3-11)25(30)31/h2-8H,9H2,1H3,(H2,22,26)(H,23,27,29)/b13-6+. The first kappa shape index (κ1) is 23.2. The number of nitrogens with two attached hydrogens (primary N) is 1. The lowest BCUT2D eigenvalue weighted by Crippen LogP contribution is -2.54. The van der Waals surface area contributed by atoms with Crippen molar-refractivity contribution in [1.82, 2.24) is 5.32 Å². The average Bonchev–Trinajstić information content (AvgIpc) is 2.75. The molecule has 1 fully saturated rings. The number of carbonyl (C=O) groups is 4. The Morgan fingerprint density at radius 3 is 2.48 bits per heavy atom. The number of amides is 5. The Balaban J connectivity index is 1.98. The predicted octanol–water partition coefficient (Wildman–Crippen LogP) is 1.79. The van der Waals surface area contributed by atoms with Crippen LogP contribution in [0.1, 0.15) is 5.56 Å². The monoisotopic (exact) mass is 474 g/mol. The fourth-order valence-electron chi connectivity index (χ4n) is 2.89. The molecule has 1 aliphatic rings. The van der Waals surface area contributed by atoms with E-state index in [1.165, 1.54) is 37.5 Å². The molecule has 0 unspecified atom stereocenters. The van der Waals surface area contributed by atoms with Gasteiger partial charge in [-0.1, -0.05) is 11.6 Å². The van der Waals surface area contributed by atoms with Crippen molar-refractivity contribution >= 4 is 52.8 Å². The van der Waals surface area contributed by atoms with Gasteiger partial charge in [0.1, 0.15) is 5.57 Å². The first-order valence-electron chi connectivity index (χ1n) is 9.07. The first-order chi connectivity index (χ1) is 15.6. The molecule has 0 radical (unpaired) electrons. The van der Waals surface area contributed by atoms with Crippen molar-refractivity contribution in [3.63, 3.8) is 0 Å². The maximum Gasteiger partial charge on any atom is 0.335 e. The van der Waals surface area contributed by atoms with Crippen molar-refractivity contribution in [3.05, 3.63) is 62.7 Å². The molecule has 33 heavy (non-hydrogen) atoms. The number of anilines is 1. The van der Waals surface area contributed by atoms with E-state index >= 15 is 0 Å². The quantitative estimate of drug-likeness (QED) is 0.264. The number of nitro groups is 1. The third-order valence-electron chi connectivity index (χ3n) is 4.34. The van der Waals surface area contributed by atoms with E-state index in [0.717, 1.165) is 12.1 Å². The summed E-state index contributed by atoms with van der Waals surface area (Å²) in [7, 11) is 1.31. The zero-order chi connectivity index (χ0) is 24.3. The van der Waals surface area contributed by atoms with Gasteiger partial charge in [-0.2, -0.15) is 0 Å².